The van der Waals surface area contributed by atoms with Crippen LogP contribution in [0.2, 0.25) is 0 Å². The van der Waals surface area contributed by atoms with Crippen LogP contribution in [0.15, 0.2) is 24.3 Å². The van der Waals surface area contributed by atoms with Crippen LogP contribution in [0, 0.1) is 0 Å². The molecule has 0 spiro atoms. The first-order valence-electron chi connectivity index (χ1n) is 7.54. The van der Waals surface area contributed by atoms with E-state index in [2.05, 4.69) is 10.2 Å². The van der Waals surface area contributed by atoms with Gasteiger partial charge in [-0.1, -0.05) is 19.1 Å². The third-order valence-electron chi connectivity index (χ3n) is 3.49. The van der Waals surface area contributed by atoms with Gasteiger partial charge >= 0.3 is 0 Å². The summed E-state index contributed by atoms with van der Waals surface area (Å²) in [6, 6.07) is 7.42. The van der Waals surface area contributed by atoms with E-state index in [1.54, 1.807) is 0 Å². The van der Waals surface area contributed by atoms with Crippen molar-refractivity contribution >= 4 is 11.6 Å². The normalized spacial score (nSPS) is 12.4. The fourth-order valence-corrected chi connectivity index (χ4v) is 2.14. The molecule has 0 saturated carbocycles. The number of carbonyl (C=O) groups excluding carboxylic acids is 1. The maximum atomic E-state index is 12.3. The van der Waals surface area contributed by atoms with Crippen LogP contribution in [-0.4, -0.2) is 43.2 Å². The van der Waals surface area contributed by atoms with Gasteiger partial charge < -0.3 is 15.8 Å². The summed E-state index contributed by atoms with van der Waals surface area (Å²) in [5.74, 6) is -0.0116. The van der Waals surface area contributed by atoms with Crippen molar-refractivity contribution in [1.82, 2.24) is 4.90 Å². The van der Waals surface area contributed by atoms with E-state index >= 15 is 0 Å². The van der Waals surface area contributed by atoms with Crippen molar-refractivity contribution in [3.63, 3.8) is 0 Å². The third-order valence-corrected chi connectivity index (χ3v) is 3.49. The van der Waals surface area contributed by atoms with Gasteiger partial charge in [0.2, 0.25) is 5.91 Å². The van der Waals surface area contributed by atoms with Crippen molar-refractivity contribution in [2.45, 2.75) is 33.4 Å². The van der Waals surface area contributed by atoms with Crippen LogP contribution in [0.4, 0.5) is 5.69 Å². The molecule has 118 valence electrons. The maximum absolute atomic E-state index is 12.3. The molecule has 1 unspecified atom stereocenters. The van der Waals surface area contributed by atoms with Crippen molar-refractivity contribution in [2.75, 3.05) is 31.6 Å². The number of nitrogens with one attached hydrogen (secondary N) is 1. The average molecular weight is 293 g/mol. The summed E-state index contributed by atoms with van der Waals surface area (Å²) < 4.78 is 5.36. The summed E-state index contributed by atoms with van der Waals surface area (Å²) in [6.07, 6.45) is 0. The summed E-state index contributed by atoms with van der Waals surface area (Å²) in [4.78, 5) is 14.4. The van der Waals surface area contributed by atoms with E-state index in [1.807, 2.05) is 45.0 Å². The van der Waals surface area contributed by atoms with Crippen LogP contribution in [0.1, 0.15) is 26.3 Å². The molecular weight excluding hydrogens is 266 g/mol. The molecule has 1 rings (SSSR count). The number of hydrogen-bond donors (Lipinski definition) is 2. The molecule has 1 aromatic rings. The Balaban J connectivity index is 2.59. The van der Waals surface area contributed by atoms with Crippen LogP contribution >= 0.6 is 0 Å². The molecule has 5 heteroatoms. The molecule has 0 aliphatic heterocycles. The van der Waals surface area contributed by atoms with Gasteiger partial charge in [-0.25, -0.2) is 0 Å². The molecule has 0 aliphatic rings. The Kier molecular flexibility index (Phi) is 7.97. The lowest BCUT2D eigenvalue weighted by Crippen LogP contribution is -2.43. The molecule has 5 nitrogen and oxygen atoms in total. The Bertz CT molecular complexity index is 437. The number of nitrogens with zero attached hydrogens (tertiary/aromatic N) is 1. The molecule has 21 heavy (non-hydrogen) atoms. The topological polar surface area (TPSA) is 67.6 Å². The van der Waals surface area contributed by atoms with Crippen LogP contribution in [-0.2, 0) is 16.1 Å². The van der Waals surface area contributed by atoms with Gasteiger partial charge in [0.15, 0.2) is 0 Å². The Morgan fingerprint density at radius 2 is 2.19 bits per heavy atom. The molecule has 0 aliphatic carbocycles. The molecule has 0 radical (unpaired) electrons. The average Bonchev–Trinajstić information content (AvgIpc) is 2.51. The summed E-state index contributed by atoms with van der Waals surface area (Å²) >= 11 is 0. The first kappa shape index (κ1) is 17.6. The highest BCUT2D eigenvalue weighted by Crippen LogP contribution is 2.11. The minimum atomic E-state index is -0.197. The molecule has 1 atom stereocenters. The van der Waals surface area contributed by atoms with Crippen molar-refractivity contribution in [3.05, 3.63) is 29.8 Å². The molecule has 1 aromatic carbocycles. The van der Waals surface area contributed by atoms with E-state index in [0.29, 0.717) is 19.8 Å². The number of rotatable bonds is 9. The van der Waals surface area contributed by atoms with Crippen molar-refractivity contribution in [2.24, 2.45) is 5.73 Å². The molecule has 0 saturated heterocycles. The monoisotopic (exact) mass is 293 g/mol. The minimum absolute atomic E-state index is 0.0116. The summed E-state index contributed by atoms with van der Waals surface area (Å²) in [5, 5.41) is 2.94. The molecule has 0 heterocycles. The Morgan fingerprint density at radius 3 is 2.81 bits per heavy atom. The largest absolute Gasteiger partial charge is 0.380 e. The number of ether oxygens (including phenoxy) is 1. The molecule has 0 fully saturated rings. The first-order valence-corrected chi connectivity index (χ1v) is 7.54. The van der Waals surface area contributed by atoms with E-state index < -0.39 is 0 Å². The van der Waals surface area contributed by atoms with E-state index in [4.69, 9.17) is 10.5 Å². The first-order chi connectivity index (χ1) is 10.1. The highest BCUT2D eigenvalue weighted by molar-refractivity contribution is 5.94. The van der Waals surface area contributed by atoms with Gasteiger partial charge in [-0.15, -0.1) is 0 Å². The standard InChI is InChI=1S/C16H27N3O2/c1-4-19(9-10-21-5-2)13(3)16(20)18-15-8-6-7-14(11-15)12-17/h6-8,11,13H,4-5,9-10,12,17H2,1-3H3,(H,18,20). The molecular formula is C16H27N3O2. The second kappa shape index (κ2) is 9.50. The third kappa shape index (κ3) is 5.83. The molecule has 0 bridgehead atoms. The number of anilines is 1. The number of carbonyl (C=O) groups is 1. The number of amides is 1. The number of benzene rings is 1. The number of likely N-dealkylation sites (N-methyl/N-ethyl adjacent to an activating group) is 1. The zero-order chi connectivity index (χ0) is 15.7. The van der Waals surface area contributed by atoms with Gasteiger partial charge in [0.05, 0.1) is 12.6 Å². The zero-order valence-corrected chi connectivity index (χ0v) is 13.3. The van der Waals surface area contributed by atoms with E-state index in [9.17, 15) is 4.79 Å². The van der Waals surface area contributed by atoms with Gasteiger partial charge in [-0.3, -0.25) is 9.69 Å². The lowest BCUT2D eigenvalue weighted by Gasteiger charge is -2.26. The van der Waals surface area contributed by atoms with Crippen LogP contribution < -0.4 is 11.1 Å². The quantitative estimate of drug-likeness (QED) is 0.682. The predicted molar refractivity (Wildman–Crippen MR) is 86.2 cm³/mol. The maximum Gasteiger partial charge on any atom is 0.241 e. The smallest absolute Gasteiger partial charge is 0.241 e. The fraction of sp³-hybridized carbons (Fsp3) is 0.562. The van der Waals surface area contributed by atoms with Crippen LogP contribution in [0.25, 0.3) is 0 Å². The highest BCUT2D eigenvalue weighted by atomic mass is 16.5. The van der Waals surface area contributed by atoms with Gasteiger partial charge in [0.1, 0.15) is 0 Å². The second-order valence-electron chi connectivity index (χ2n) is 4.90. The van der Waals surface area contributed by atoms with Gasteiger partial charge in [-0.05, 0) is 38.1 Å². The number of nitrogens with two attached hydrogens (primary N) is 1. The van der Waals surface area contributed by atoms with Gasteiger partial charge in [0.25, 0.3) is 0 Å². The SMILES string of the molecule is CCOCCN(CC)C(C)C(=O)Nc1cccc(CN)c1. The second-order valence-corrected chi connectivity index (χ2v) is 4.90. The van der Waals surface area contributed by atoms with Gasteiger partial charge in [-0.2, -0.15) is 0 Å². The predicted octanol–water partition coefficient (Wildman–Crippen LogP) is 1.83. The Hall–Kier alpha value is -1.43. The van der Waals surface area contributed by atoms with Gasteiger partial charge in [0, 0.05) is 25.4 Å². The molecule has 1 amide bonds. The van der Waals surface area contributed by atoms with Crippen LogP contribution in [0.5, 0.6) is 0 Å². The van der Waals surface area contributed by atoms with Crippen molar-refractivity contribution < 1.29 is 9.53 Å². The van der Waals surface area contributed by atoms with Crippen LogP contribution in [0.3, 0.4) is 0 Å². The highest BCUT2D eigenvalue weighted by Gasteiger charge is 2.19. The molecule has 0 aromatic heterocycles. The number of hydrogen-bond acceptors (Lipinski definition) is 4. The lowest BCUT2D eigenvalue weighted by atomic mass is 10.2. The summed E-state index contributed by atoms with van der Waals surface area (Å²) in [5.41, 5.74) is 7.40. The zero-order valence-electron chi connectivity index (χ0n) is 13.3. The summed E-state index contributed by atoms with van der Waals surface area (Å²) in [7, 11) is 0. The Labute approximate surface area is 127 Å². The van der Waals surface area contributed by atoms with E-state index in [0.717, 1.165) is 24.3 Å². The minimum Gasteiger partial charge on any atom is -0.380 e. The van der Waals surface area contributed by atoms with E-state index in [1.165, 1.54) is 0 Å². The summed E-state index contributed by atoms with van der Waals surface area (Å²) in [6.45, 7) is 9.30. The Morgan fingerprint density at radius 1 is 1.43 bits per heavy atom. The van der Waals surface area contributed by atoms with E-state index in [-0.39, 0.29) is 11.9 Å². The molecule has 3 N–H and O–H groups in total. The lowest BCUT2D eigenvalue weighted by molar-refractivity contribution is -0.120. The van der Waals surface area contributed by atoms with Crippen molar-refractivity contribution in [1.29, 1.82) is 0 Å². The van der Waals surface area contributed by atoms with Crippen molar-refractivity contribution in [3.8, 4) is 0 Å². The fourth-order valence-electron chi connectivity index (χ4n) is 2.14.